The summed E-state index contributed by atoms with van der Waals surface area (Å²) in [6.45, 7) is 6.99. The van der Waals surface area contributed by atoms with Crippen LogP contribution in [-0.4, -0.2) is 47.7 Å². The van der Waals surface area contributed by atoms with Crippen LogP contribution in [0.5, 0.6) is 0 Å². The molecule has 1 unspecified atom stereocenters. The predicted octanol–water partition coefficient (Wildman–Crippen LogP) is 3.53. The number of piperazine rings is 1. The normalized spacial score (nSPS) is 17.2. The van der Waals surface area contributed by atoms with Gasteiger partial charge in [-0.2, -0.15) is 11.3 Å². The lowest BCUT2D eigenvalue weighted by Gasteiger charge is -2.37. The van der Waals surface area contributed by atoms with Crippen LogP contribution in [-0.2, 0) is 0 Å². The van der Waals surface area contributed by atoms with E-state index in [1.54, 1.807) is 22.8 Å². The first-order valence-electron chi connectivity index (χ1n) is 7.71. The Kier molecular flexibility index (Phi) is 4.94. The smallest absolute Gasteiger partial charge is 0.264 e. The summed E-state index contributed by atoms with van der Waals surface area (Å²) in [7, 11) is 0. The minimum Gasteiger partial charge on any atom is -0.335 e. The van der Waals surface area contributed by atoms with Gasteiger partial charge in [0.1, 0.15) is 0 Å². The molecule has 6 heteroatoms. The zero-order valence-electron chi connectivity index (χ0n) is 13.3. The highest BCUT2D eigenvalue weighted by Gasteiger charge is 2.26. The SMILES string of the molecule is CC(=O)c1csc(C(=O)N2CCN(C(C)c3ccsc3)CC2)c1. The Balaban J connectivity index is 1.59. The topological polar surface area (TPSA) is 40.6 Å². The second-order valence-corrected chi connectivity index (χ2v) is 7.51. The van der Waals surface area contributed by atoms with Crippen molar-refractivity contribution in [2.45, 2.75) is 19.9 Å². The average molecular weight is 348 g/mol. The molecule has 122 valence electrons. The van der Waals surface area contributed by atoms with Crippen LogP contribution in [0.2, 0.25) is 0 Å². The molecule has 1 amide bonds. The fourth-order valence-corrected chi connectivity index (χ4v) is 4.48. The monoisotopic (exact) mass is 348 g/mol. The molecular formula is C17H20N2O2S2. The summed E-state index contributed by atoms with van der Waals surface area (Å²) in [6.07, 6.45) is 0. The molecule has 1 saturated heterocycles. The van der Waals surface area contributed by atoms with Crippen LogP contribution in [0.25, 0.3) is 0 Å². The maximum atomic E-state index is 12.5. The molecule has 0 spiro atoms. The van der Waals surface area contributed by atoms with Gasteiger partial charge in [0, 0.05) is 43.2 Å². The van der Waals surface area contributed by atoms with Crippen molar-refractivity contribution in [3.63, 3.8) is 0 Å². The van der Waals surface area contributed by atoms with E-state index < -0.39 is 0 Å². The van der Waals surface area contributed by atoms with Crippen molar-refractivity contribution in [1.82, 2.24) is 9.80 Å². The molecule has 0 bridgehead atoms. The summed E-state index contributed by atoms with van der Waals surface area (Å²) in [5, 5.41) is 6.07. The Hall–Kier alpha value is -1.50. The average Bonchev–Trinajstić information content (AvgIpc) is 3.25. The van der Waals surface area contributed by atoms with Gasteiger partial charge in [0.2, 0.25) is 0 Å². The van der Waals surface area contributed by atoms with Crippen LogP contribution in [0.3, 0.4) is 0 Å². The molecule has 0 aliphatic carbocycles. The van der Waals surface area contributed by atoms with Crippen LogP contribution in [0, 0.1) is 0 Å². The van der Waals surface area contributed by atoms with Gasteiger partial charge in [-0.1, -0.05) is 0 Å². The van der Waals surface area contributed by atoms with Gasteiger partial charge >= 0.3 is 0 Å². The summed E-state index contributed by atoms with van der Waals surface area (Å²) in [4.78, 5) is 28.9. The molecule has 23 heavy (non-hydrogen) atoms. The Labute approximate surface area is 144 Å². The summed E-state index contributed by atoms with van der Waals surface area (Å²) < 4.78 is 0. The van der Waals surface area contributed by atoms with E-state index in [9.17, 15) is 9.59 Å². The van der Waals surface area contributed by atoms with Crippen LogP contribution in [0.1, 0.15) is 45.5 Å². The van der Waals surface area contributed by atoms with Gasteiger partial charge in [-0.05, 0) is 42.3 Å². The number of hydrogen-bond donors (Lipinski definition) is 0. The van der Waals surface area contributed by atoms with E-state index in [0.717, 1.165) is 26.2 Å². The molecule has 2 aromatic heterocycles. The minimum atomic E-state index is 0.00899. The fourth-order valence-electron chi connectivity index (χ4n) is 2.82. The highest BCUT2D eigenvalue weighted by Crippen LogP contribution is 2.24. The van der Waals surface area contributed by atoms with Crippen molar-refractivity contribution in [1.29, 1.82) is 0 Å². The van der Waals surface area contributed by atoms with Gasteiger partial charge in [-0.15, -0.1) is 11.3 Å². The van der Waals surface area contributed by atoms with E-state index in [1.165, 1.54) is 23.8 Å². The lowest BCUT2D eigenvalue weighted by molar-refractivity contribution is 0.0587. The summed E-state index contributed by atoms with van der Waals surface area (Å²) in [6, 6.07) is 4.28. The lowest BCUT2D eigenvalue weighted by Crippen LogP contribution is -2.49. The van der Waals surface area contributed by atoms with Crippen molar-refractivity contribution in [3.8, 4) is 0 Å². The molecule has 0 aromatic carbocycles. The Morgan fingerprint density at radius 2 is 1.91 bits per heavy atom. The molecule has 3 rings (SSSR count). The van der Waals surface area contributed by atoms with Crippen molar-refractivity contribution in [2.24, 2.45) is 0 Å². The number of thiophene rings is 2. The molecule has 0 saturated carbocycles. The molecule has 1 aliphatic heterocycles. The third-order valence-electron chi connectivity index (χ3n) is 4.39. The molecule has 3 heterocycles. The zero-order valence-corrected chi connectivity index (χ0v) is 15.0. The maximum Gasteiger partial charge on any atom is 0.264 e. The number of amides is 1. The number of rotatable bonds is 4. The first kappa shape index (κ1) is 16.4. The second-order valence-electron chi connectivity index (χ2n) is 5.82. The molecule has 0 radical (unpaired) electrons. The van der Waals surface area contributed by atoms with E-state index in [4.69, 9.17) is 0 Å². The van der Waals surface area contributed by atoms with E-state index in [2.05, 4.69) is 28.7 Å². The van der Waals surface area contributed by atoms with Gasteiger partial charge in [-0.3, -0.25) is 14.5 Å². The third kappa shape index (κ3) is 3.54. The number of ketones is 1. The van der Waals surface area contributed by atoms with Crippen LogP contribution < -0.4 is 0 Å². The summed E-state index contributed by atoms with van der Waals surface area (Å²) in [5.74, 6) is 0.0556. The summed E-state index contributed by atoms with van der Waals surface area (Å²) >= 11 is 3.08. The van der Waals surface area contributed by atoms with Gasteiger partial charge in [0.15, 0.2) is 5.78 Å². The Morgan fingerprint density at radius 3 is 2.48 bits per heavy atom. The predicted molar refractivity (Wildman–Crippen MR) is 94.5 cm³/mol. The summed E-state index contributed by atoms with van der Waals surface area (Å²) in [5.41, 5.74) is 1.97. The fraction of sp³-hybridized carbons (Fsp3) is 0.412. The van der Waals surface area contributed by atoms with E-state index in [1.807, 2.05) is 4.90 Å². The molecule has 2 aromatic rings. The number of hydrogen-bond acceptors (Lipinski definition) is 5. The van der Waals surface area contributed by atoms with Gasteiger partial charge in [0.25, 0.3) is 5.91 Å². The number of Topliss-reactive ketones (excluding diaryl/α,β-unsaturated/α-hetero) is 1. The molecule has 1 aliphatic rings. The molecule has 1 atom stereocenters. The number of carbonyl (C=O) groups excluding carboxylic acids is 2. The van der Waals surface area contributed by atoms with E-state index >= 15 is 0 Å². The van der Waals surface area contributed by atoms with E-state index in [-0.39, 0.29) is 11.7 Å². The second kappa shape index (κ2) is 6.95. The van der Waals surface area contributed by atoms with Crippen molar-refractivity contribution in [2.75, 3.05) is 26.2 Å². The Bertz CT molecular complexity index is 685. The highest BCUT2D eigenvalue weighted by atomic mass is 32.1. The first-order valence-corrected chi connectivity index (χ1v) is 9.53. The number of nitrogens with zero attached hydrogens (tertiary/aromatic N) is 2. The molecular weight excluding hydrogens is 328 g/mol. The molecule has 0 N–H and O–H groups in total. The van der Waals surface area contributed by atoms with Crippen LogP contribution in [0.15, 0.2) is 28.3 Å². The van der Waals surface area contributed by atoms with Gasteiger partial charge < -0.3 is 4.90 Å². The van der Waals surface area contributed by atoms with Crippen molar-refractivity contribution < 1.29 is 9.59 Å². The zero-order chi connectivity index (χ0) is 16.4. The van der Waals surface area contributed by atoms with Crippen molar-refractivity contribution >= 4 is 34.4 Å². The van der Waals surface area contributed by atoms with E-state index in [0.29, 0.717) is 16.5 Å². The first-order chi connectivity index (χ1) is 11.1. The highest BCUT2D eigenvalue weighted by molar-refractivity contribution is 7.12. The largest absolute Gasteiger partial charge is 0.335 e. The van der Waals surface area contributed by atoms with Gasteiger partial charge in [-0.25, -0.2) is 0 Å². The quantitative estimate of drug-likeness (QED) is 0.794. The molecule has 4 nitrogen and oxygen atoms in total. The standard InChI is InChI=1S/C17H20N2O2S2/c1-12(14-3-8-22-10-14)18-4-6-19(7-5-18)17(21)16-9-15(11-23-16)13(2)20/h3,8-12H,4-7H2,1-2H3. The van der Waals surface area contributed by atoms with Crippen LogP contribution in [0.4, 0.5) is 0 Å². The minimum absolute atomic E-state index is 0.00899. The van der Waals surface area contributed by atoms with Crippen molar-refractivity contribution in [3.05, 3.63) is 44.3 Å². The maximum absolute atomic E-state index is 12.5. The lowest BCUT2D eigenvalue weighted by atomic mass is 10.1. The molecule has 1 fully saturated rings. The van der Waals surface area contributed by atoms with Gasteiger partial charge in [0.05, 0.1) is 4.88 Å². The third-order valence-corrected chi connectivity index (χ3v) is 6.01. The number of carbonyl (C=O) groups is 2. The van der Waals surface area contributed by atoms with Crippen LogP contribution >= 0.6 is 22.7 Å². The Morgan fingerprint density at radius 1 is 1.17 bits per heavy atom.